The minimum absolute atomic E-state index is 2.48. The Kier molecular flexibility index (Phi) is 2.38. The average molecular weight is 242 g/mol. The maximum Gasteiger partial charge on any atom is 0.460 e. The molecule has 0 aliphatic carbocycles. The molecule has 2 atom stereocenters. The summed E-state index contributed by atoms with van der Waals surface area (Å²) in [5.41, 5.74) is 0. The molecule has 0 bridgehead atoms. The highest BCUT2D eigenvalue weighted by Gasteiger charge is 2.74. The number of carbonyl (C=O) groups is 1. The number of ether oxygens (including phenoxy) is 2. The van der Waals surface area contributed by atoms with Gasteiger partial charge in [0.15, 0.2) is 0 Å². The Morgan fingerprint density at radius 3 is 2.07 bits per heavy atom. The molecule has 0 N–H and O–H groups in total. The Labute approximate surface area is 76.7 Å². The third-order valence-corrected chi connectivity index (χ3v) is 1.38. The fourth-order valence-corrected chi connectivity index (χ4v) is 0.687. The van der Waals surface area contributed by atoms with Gasteiger partial charge in [0.2, 0.25) is 0 Å². The van der Waals surface area contributed by atoms with Crippen molar-refractivity contribution < 1.29 is 45.0 Å². The van der Waals surface area contributed by atoms with Gasteiger partial charge in [0.25, 0.3) is 0 Å². The average Bonchev–Trinajstić information content (AvgIpc) is 1.98. The van der Waals surface area contributed by atoms with Crippen molar-refractivity contribution in [1.29, 1.82) is 0 Å². The van der Waals surface area contributed by atoms with E-state index in [0.717, 1.165) is 0 Å². The summed E-state index contributed by atoms with van der Waals surface area (Å²) in [5.74, 6) is -8.27. The number of hydrogen-bond donors (Lipinski definition) is 0. The molecule has 0 radical (unpaired) electrons. The first-order chi connectivity index (χ1) is 6.51. The topological polar surface area (TPSA) is 35.5 Å². The van der Waals surface area contributed by atoms with Crippen molar-refractivity contribution in [1.82, 2.24) is 0 Å². The first-order valence-corrected chi connectivity index (χ1v) is 3.19. The molecule has 0 aromatic heterocycles. The van der Waals surface area contributed by atoms with E-state index in [2.05, 4.69) is 9.47 Å². The van der Waals surface area contributed by atoms with E-state index in [1.807, 2.05) is 0 Å². The van der Waals surface area contributed by atoms with E-state index in [4.69, 9.17) is 0 Å². The minimum atomic E-state index is -6.09. The maximum absolute atomic E-state index is 12.7. The Bertz CT molecular complexity index is 287. The summed E-state index contributed by atoms with van der Waals surface area (Å²) >= 11 is 0. The van der Waals surface area contributed by atoms with Crippen molar-refractivity contribution in [2.75, 3.05) is 0 Å². The second kappa shape index (κ2) is 2.97. The number of rotatable bonds is 0. The van der Waals surface area contributed by atoms with Crippen molar-refractivity contribution in [3.63, 3.8) is 0 Å². The SMILES string of the molecule is O=C1OC(F)C(F)(F)OC1(F)C(F)(F)F. The zero-order valence-corrected chi connectivity index (χ0v) is 6.45. The molecular weight excluding hydrogens is 241 g/mol. The maximum atomic E-state index is 12.7. The quantitative estimate of drug-likeness (QED) is 0.478. The fraction of sp³-hybridized carbons (Fsp3) is 0.800. The predicted octanol–water partition coefficient (Wildman–Crippen LogP) is 1.68. The van der Waals surface area contributed by atoms with E-state index in [0.29, 0.717) is 0 Å². The predicted molar refractivity (Wildman–Crippen MR) is 26.9 cm³/mol. The van der Waals surface area contributed by atoms with Gasteiger partial charge >= 0.3 is 30.5 Å². The molecule has 0 amide bonds. The summed E-state index contributed by atoms with van der Waals surface area (Å²) in [6.45, 7) is 0. The summed E-state index contributed by atoms with van der Waals surface area (Å²) in [6, 6.07) is 0. The second-order valence-electron chi connectivity index (χ2n) is 2.48. The van der Waals surface area contributed by atoms with Gasteiger partial charge in [-0.15, -0.1) is 0 Å². The largest absolute Gasteiger partial charge is 0.460 e. The number of cyclic esters (lactones) is 1. The first kappa shape index (κ1) is 12.0. The lowest BCUT2D eigenvalue weighted by molar-refractivity contribution is -0.452. The number of esters is 1. The molecule has 0 saturated carbocycles. The summed E-state index contributed by atoms with van der Waals surface area (Å²) in [7, 11) is 0. The Hall–Kier alpha value is -1.06. The van der Waals surface area contributed by atoms with Crippen molar-refractivity contribution >= 4 is 5.97 Å². The third-order valence-electron chi connectivity index (χ3n) is 1.38. The van der Waals surface area contributed by atoms with Crippen LogP contribution in [0.1, 0.15) is 0 Å². The van der Waals surface area contributed by atoms with E-state index >= 15 is 0 Å². The number of hydrogen-bond acceptors (Lipinski definition) is 3. The van der Waals surface area contributed by atoms with Gasteiger partial charge in [-0.2, -0.15) is 30.7 Å². The zero-order valence-electron chi connectivity index (χ0n) is 6.45. The van der Waals surface area contributed by atoms with Crippen LogP contribution in [0, 0.1) is 0 Å². The molecule has 0 aromatic carbocycles. The molecule has 1 heterocycles. The monoisotopic (exact) mass is 242 g/mol. The molecule has 3 nitrogen and oxygen atoms in total. The molecule has 88 valence electrons. The van der Waals surface area contributed by atoms with Crippen LogP contribution in [0.4, 0.5) is 30.7 Å². The van der Waals surface area contributed by atoms with Gasteiger partial charge in [-0.3, -0.25) is 4.74 Å². The highest BCUT2D eigenvalue weighted by Crippen LogP contribution is 2.45. The lowest BCUT2D eigenvalue weighted by Gasteiger charge is -2.35. The van der Waals surface area contributed by atoms with Gasteiger partial charge in [0.1, 0.15) is 0 Å². The van der Waals surface area contributed by atoms with E-state index in [-0.39, 0.29) is 0 Å². The van der Waals surface area contributed by atoms with Crippen LogP contribution in [0.3, 0.4) is 0 Å². The van der Waals surface area contributed by atoms with Crippen molar-refractivity contribution in [3.05, 3.63) is 0 Å². The Morgan fingerprint density at radius 2 is 1.67 bits per heavy atom. The minimum Gasteiger partial charge on any atom is -0.417 e. The van der Waals surface area contributed by atoms with E-state index in [9.17, 15) is 35.5 Å². The highest BCUT2D eigenvalue weighted by atomic mass is 19.4. The molecule has 1 fully saturated rings. The van der Waals surface area contributed by atoms with Crippen LogP contribution in [0.25, 0.3) is 0 Å². The van der Waals surface area contributed by atoms with Crippen LogP contribution < -0.4 is 0 Å². The smallest absolute Gasteiger partial charge is 0.417 e. The molecule has 1 saturated heterocycles. The van der Waals surface area contributed by atoms with Crippen LogP contribution in [-0.4, -0.2) is 30.5 Å². The molecule has 0 aromatic rings. The third kappa shape index (κ3) is 1.73. The molecule has 2 unspecified atom stereocenters. The van der Waals surface area contributed by atoms with Crippen molar-refractivity contribution in [2.45, 2.75) is 24.5 Å². The summed E-state index contributed by atoms with van der Waals surface area (Å²) < 4.78 is 89.8. The lowest BCUT2D eigenvalue weighted by Crippen LogP contribution is -2.62. The van der Waals surface area contributed by atoms with Crippen LogP contribution >= 0.6 is 0 Å². The normalized spacial score (nSPS) is 36.2. The van der Waals surface area contributed by atoms with Gasteiger partial charge in [0.05, 0.1) is 0 Å². The Balaban J connectivity index is 3.07. The van der Waals surface area contributed by atoms with E-state index < -0.39 is 30.5 Å². The van der Waals surface area contributed by atoms with Crippen LogP contribution in [0.15, 0.2) is 0 Å². The number of carbonyl (C=O) groups excluding carboxylic acids is 1. The van der Waals surface area contributed by atoms with Gasteiger partial charge < -0.3 is 4.74 Å². The van der Waals surface area contributed by atoms with E-state index in [1.165, 1.54) is 0 Å². The molecule has 1 aliphatic rings. The Morgan fingerprint density at radius 1 is 1.20 bits per heavy atom. The van der Waals surface area contributed by atoms with Gasteiger partial charge in [-0.1, -0.05) is 0 Å². The molecule has 0 spiro atoms. The number of halogens is 7. The van der Waals surface area contributed by atoms with Gasteiger partial charge in [-0.05, 0) is 0 Å². The standard InChI is InChI=1S/C5HF7O3/c6-1-4(8,9)15-3(7,2(13)14-1)5(10,11)12/h1H. The lowest BCUT2D eigenvalue weighted by atomic mass is 10.2. The molecule has 15 heavy (non-hydrogen) atoms. The first-order valence-electron chi connectivity index (χ1n) is 3.19. The summed E-state index contributed by atoms with van der Waals surface area (Å²) in [5, 5.41) is 0. The van der Waals surface area contributed by atoms with Crippen LogP contribution in [-0.2, 0) is 14.3 Å². The zero-order chi connectivity index (χ0) is 12.1. The summed E-state index contributed by atoms with van der Waals surface area (Å²) in [4.78, 5) is 10.2. The van der Waals surface area contributed by atoms with Crippen molar-refractivity contribution in [2.24, 2.45) is 0 Å². The van der Waals surface area contributed by atoms with Crippen LogP contribution in [0.2, 0.25) is 0 Å². The second-order valence-corrected chi connectivity index (χ2v) is 2.48. The van der Waals surface area contributed by atoms with E-state index in [1.54, 1.807) is 0 Å². The molecule has 1 rings (SSSR count). The van der Waals surface area contributed by atoms with Gasteiger partial charge in [-0.25, -0.2) is 4.79 Å². The molecule has 1 aliphatic heterocycles. The van der Waals surface area contributed by atoms with Crippen molar-refractivity contribution in [3.8, 4) is 0 Å². The fourth-order valence-electron chi connectivity index (χ4n) is 0.687. The van der Waals surface area contributed by atoms with Gasteiger partial charge in [0, 0.05) is 0 Å². The number of alkyl halides is 7. The summed E-state index contributed by atoms with van der Waals surface area (Å²) in [6.07, 6.45) is -15.1. The molecular formula is C5HF7O3. The van der Waals surface area contributed by atoms with Crippen LogP contribution in [0.5, 0.6) is 0 Å². The molecule has 10 heteroatoms. The highest BCUT2D eigenvalue weighted by molar-refractivity contribution is 5.79.